The largest absolute Gasteiger partial charge is 0.756 e. The SMILES string of the molecule is C/C=C/CC/C=C/CC/C=C/CCCC(O)C(O)C(COP(=O)([O-])OCC[N+](C)(C)C)NC(=O)CCCCCCCCCCCCCCCCCCCCCC/C=C\C/C=C\C/C=C\C/C=C\C/C=C\C/C=C\CC. The molecule has 0 aromatic rings. The first-order valence-electron chi connectivity index (χ1n) is 30.3. The molecule has 75 heavy (non-hydrogen) atoms. The molecule has 0 aromatic heterocycles. The summed E-state index contributed by atoms with van der Waals surface area (Å²) in [6.07, 6.45) is 76.3. The molecular formula is C65H115N2O7P. The highest BCUT2D eigenvalue weighted by Crippen LogP contribution is 2.38. The summed E-state index contributed by atoms with van der Waals surface area (Å²) in [6.45, 7) is 4.08. The fraction of sp³-hybridized carbons (Fsp3) is 0.708. The molecular weight excluding hydrogens is 952 g/mol. The Morgan fingerprint density at radius 2 is 0.867 bits per heavy atom. The number of aliphatic hydroxyl groups excluding tert-OH is 2. The molecule has 0 rings (SSSR count). The molecule has 0 saturated heterocycles. The van der Waals surface area contributed by atoms with Crippen LogP contribution in [-0.4, -0.2) is 79.8 Å². The number of rotatable bonds is 54. The van der Waals surface area contributed by atoms with E-state index < -0.39 is 32.7 Å². The number of phosphoric acid groups is 1. The monoisotopic (exact) mass is 1070 g/mol. The van der Waals surface area contributed by atoms with Gasteiger partial charge in [0.25, 0.3) is 7.82 Å². The lowest BCUT2D eigenvalue weighted by Gasteiger charge is -2.31. The molecule has 10 heteroatoms. The molecule has 0 spiro atoms. The minimum atomic E-state index is -4.69. The van der Waals surface area contributed by atoms with E-state index in [-0.39, 0.29) is 18.9 Å². The molecule has 0 aliphatic carbocycles. The number of nitrogens with one attached hydrogen (secondary N) is 1. The van der Waals surface area contributed by atoms with Crippen molar-refractivity contribution in [2.24, 2.45) is 0 Å². The van der Waals surface area contributed by atoms with Crippen LogP contribution in [0.1, 0.15) is 239 Å². The van der Waals surface area contributed by atoms with Crippen molar-refractivity contribution in [3.63, 3.8) is 0 Å². The molecule has 0 saturated carbocycles. The molecule has 9 nitrogen and oxygen atoms in total. The van der Waals surface area contributed by atoms with Crippen LogP contribution in [0.2, 0.25) is 0 Å². The maximum atomic E-state index is 13.0. The highest BCUT2D eigenvalue weighted by atomic mass is 31.2. The Morgan fingerprint density at radius 1 is 0.507 bits per heavy atom. The summed E-state index contributed by atoms with van der Waals surface area (Å²) in [6, 6.07) is -1.10. The third kappa shape index (κ3) is 55.7. The standard InChI is InChI=1S/C65H115N2O7P/c1-6-8-10-12-14-16-18-20-21-22-23-24-25-26-27-28-29-30-31-32-33-34-35-36-37-38-39-40-41-42-43-44-45-46-48-50-52-54-56-58-64(69)66-62(61-74-75(71,72)73-60-59-67(3,4)5)65(70)63(68)57-55-53-51-49-47-19-17-15-13-11-9-7-2/h7-10,14-17,20-21,23-24,26-27,29-30,49,51,62-63,65,68,70H,6,11-13,18-19,22,25,28,31-48,50,52-61H2,1-5H3,(H-,66,69,71,72)/b9-7+,10-8-,16-14-,17-15+,21-20-,24-23-,27-26-,30-29-,51-49+. The van der Waals surface area contributed by atoms with Crippen molar-refractivity contribution in [2.75, 3.05) is 40.9 Å². The molecule has 432 valence electrons. The Hall–Kier alpha value is -2.88. The van der Waals surface area contributed by atoms with Crippen LogP contribution in [0.25, 0.3) is 0 Å². The van der Waals surface area contributed by atoms with Gasteiger partial charge in [0.15, 0.2) is 0 Å². The number of hydrogen-bond acceptors (Lipinski definition) is 7. The number of nitrogens with zero attached hydrogens (tertiary/aromatic N) is 1. The van der Waals surface area contributed by atoms with Crippen molar-refractivity contribution in [3.8, 4) is 0 Å². The van der Waals surface area contributed by atoms with E-state index in [1.165, 1.54) is 109 Å². The normalized spacial score (nSPS) is 15.0. The number of carbonyl (C=O) groups excluding carboxylic acids is 1. The number of aliphatic hydroxyl groups is 2. The lowest BCUT2D eigenvalue weighted by atomic mass is 10.0. The highest BCUT2D eigenvalue weighted by Gasteiger charge is 2.29. The molecule has 0 radical (unpaired) electrons. The fourth-order valence-corrected chi connectivity index (χ4v) is 9.14. The van der Waals surface area contributed by atoms with Crippen LogP contribution in [0, 0.1) is 0 Å². The molecule has 4 unspecified atom stereocenters. The Balaban J connectivity index is 4.02. The first-order chi connectivity index (χ1) is 36.4. The quantitative estimate of drug-likeness (QED) is 0.0239. The number of likely N-dealkylation sites (N-methyl/N-ethyl adjacent to an activating group) is 1. The second-order valence-electron chi connectivity index (χ2n) is 21.4. The van der Waals surface area contributed by atoms with E-state index in [0.29, 0.717) is 30.3 Å². The lowest BCUT2D eigenvalue weighted by Crippen LogP contribution is -2.51. The second kappa shape index (κ2) is 54.5. The summed E-state index contributed by atoms with van der Waals surface area (Å²) in [5, 5.41) is 24.7. The van der Waals surface area contributed by atoms with Crippen LogP contribution in [0.5, 0.6) is 0 Å². The fourth-order valence-electron chi connectivity index (χ4n) is 8.42. The molecule has 0 aliphatic heterocycles. The molecule has 0 fully saturated rings. The van der Waals surface area contributed by atoms with Crippen molar-refractivity contribution in [1.29, 1.82) is 0 Å². The van der Waals surface area contributed by atoms with Gasteiger partial charge < -0.3 is 34.0 Å². The number of carbonyl (C=O) groups is 1. The second-order valence-corrected chi connectivity index (χ2v) is 22.9. The third-order valence-electron chi connectivity index (χ3n) is 13.1. The molecule has 0 bridgehead atoms. The average Bonchev–Trinajstić information content (AvgIpc) is 3.37. The molecule has 4 atom stereocenters. The van der Waals surface area contributed by atoms with E-state index in [1.807, 2.05) is 28.1 Å². The van der Waals surface area contributed by atoms with Crippen LogP contribution >= 0.6 is 7.82 Å². The topological polar surface area (TPSA) is 128 Å². The van der Waals surface area contributed by atoms with Gasteiger partial charge in [0, 0.05) is 6.42 Å². The summed E-state index contributed by atoms with van der Waals surface area (Å²) < 4.78 is 23.2. The van der Waals surface area contributed by atoms with Crippen molar-refractivity contribution in [1.82, 2.24) is 5.32 Å². The number of quaternary nitrogens is 1. The number of hydrogen-bond donors (Lipinski definition) is 3. The summed E-state index contributed by atoms with van der Waals surface area (Å²) in [5.74, 6) is -0.296. The maximum Gasteiger partial charge on any atom is 0.268 e. The van der Waals surface area contributed by atoms with Gasteiger partial charge in [-0.15, -0.1) is 0 Å². The Bertz CT molecular complexity index is 1610. The van der Waals surface area contributed by atoms with Gasteiger partial charge in [-0.2, -0.15) is 0 Å². The van der Waals surface area contributed by atoms with Gasteiger partial charge in [0.05, 0.1) is 39.9 Å². The van der Waals surface area contributed by atoms with Gasteiger partial charge in [0.1, 0.15) is 19.3 Å². The summed E-state index contributed by atoms with van der Waals surface area (Å²) in [4.78, 5) is 25.5. The molecule has 3 N–H and O–H groups in total. The van der Waals surface area contributed by atoms with Gasteiger partial charge in [-0.3, -0.25) is 9.36 Å². The van der Waals surface area contributed by atoms with E-state index in [1.54, 1.807) is 0 Å². The van der Waals surface area contributed by atoms with Crippen molar-refractivity contribution in [3.05, 3.63) is 109 Å². The zero-order valence-electron chi connectivity index (χ0n) is 48.8. The third-order valence-corrected chi connectivity index (χ3v) is 14.1. The van der Waals surface area contributed by atoms with Crippen LogP contribution in [0.3, 0.4) is 0 Å². The van der Waals surface area contributed by atoms with Crippen molar-refractivity contribution >= 4 is 13.7 Å². The first kappa shape index (κ1) is 72.1. The van der Waals surface area contributed by atoms with Gasteiger partial charge in [-0.1, -0.05) is 232 Å². The number of allylic oxidation sites excluding steroid dienone is 18. The summed E-state index contributed by atoms with van der Waals surface area (Å²) in [5.41, 5.74) is 0. The van der Waals surface area contributed by atoms with E-state index in [0.717, 1.165) is 89.9 Å². The summed E-state index contributed by atoms with van der Waals surface area (Å²) >= 11 is 0. The summed E-state index contributed by atoms with van der Waals surface area (Å²) in [7, 11) is 1.09. The Labute approximate surface area is 462 Å². The van der Waals surface area contributed by atoms with E-state index in [9.17, 15) is 24.5 Å². The Morgan fingerprint density at radius 3 is 1.29 bits per heavy atom. The zero-order chi connectivity index (χ0) is 55.0. The molecule has 0 aromatic carbocycles. The highest BCUT2D eigenvalue weighted by molar-refractivity contribution is 7.45. The van der Waals surface area contributed by atoms with Crippen molar-refractivity contribution in [2.45, 2.75) is 257 Å². The van der Waals surface area contributed by atoms with Gasteiger partial charge in [-0.05, 0) is 110 Å². The first-order valence-corrected chi connectivity index (χ1v) is 31.7. The van der Waals surface area contributed by atoms with Crippen LogP contribution in [-0.2, 0) is 18.4 Å². The number of unbranched alkanes of at least 4 members (excludes halogenated alkanes) is 23. The minimum absolute atomic E-state index is 0.0531. The minimum Gasteiger partial charge on any atom is -0.756 e. The van der Waals surface area contributed by atoms with E-state index in [2.05, 4.69) is 122 Å². The predicted molar refractivity (Wildman–Crippen MR) is 322 cm³/mol. The number of amides is 1. The maximum absolute atomic E-state index is 13.0. The van der Waals surface area contributed by atoms with Crippen LogP contribution in [0.4, 0.5) is 0 Å². The van der Waals surface area contributed by atoms with Gasteiger partial charge >= 0.3 is 0 Å². The number of phosphoric ester groups is 1. The molecule has 0 aliphatic rings. The zero-order valence-corrected chi connectivity index (χ0v) is 49.7. The van der Waals surface area contributed by atoms with Gasteiger partial charge in [0.2, 0.25) is 5.91 Å². The molecule has 1 amide bonds. The van der Waals surface area contributed by atoms with Gasteiger partial charge in [-0.25, -0.2) is 0 Å². The average molecular weight is 1070 g/mol. The van der Waals surface area contributed by atoms with Crippen molar-refractivity contribution < 1.29 is 38.0 Å². The van der Waals surface area contributed by atoms with E-state index in [4.69, 9.17) is 9.05 Å². The predicted octanol–water partition coefficient (Wildman–Crippen LogP) is 17.1. The van der Waals surface area contributed by atoms with E-state index >= 15 is 0 Å². The van der Waals surface area contributed by atoms with Crippen LogP contribution < -0.4 is 10.2 Å². The Kier molecular flexibility index (Phi) is 52.4. The smallest absolute Gasteiger partial charge is 0.268 e. The molecule has 0 heterocycles. The lowest BCUT2D eigenvalue weighted by molar-refractivity contribution is -0.870. The van der Waals surface area contributed by atoms with Crippen LogP contribution in [0.15, 0.2) is 109 Å².